The first-order chi connectivity index (χ1) is 11.8. The van der Waals surface area contributed by atoms with Gasteiger partial charge in [-0.3, -0.25) is 9.78 Å². The lowest BCUT2D eigenvalue weighted by atomic mass is 9.75. The molecule has 2 heterocycles. The molecule has 0 radical (unpaired) electrons. The fourth-order valence-electron chi connectivity index (χ4n) is 3.12. The molecule has 1 N–H and O–H groups in total. The zero-order chi connectivity index (χ0) is 16.4. The van der Waals surface area contributed by atoms with Crippen molar-refractivity contribution in [2.24, 2.45) is 0 Å². The summed E-state index contributed by atoms with van der Waals surface area (Å²) in [6.07, 6.45) is 7.30. The summed E-state index contributed by atoms with van der Waals surface area (Å²) in [5.41, 5.74) is 2.53. The molecule has 1 amide bonds. The molecule has 2 aromatic heterocycles. The molecule has 4 rings (SSSR count). The lowest BCUT2D eigenvalue weighted by Crippen LogP contribution is -2.45. The maximum Gasteiger partial charge on any atom is 0.270 e. The average molecular weight is 318 g/mol. The minimum Gasteiger partial charge on any atom is -0.347 e. The number of hydrogen-bond donors (Lipinski definition) is 1. The molecule has 1 aliphatic rings. The molecule has 0 unspecified atom stereocenters. The standard InChI is InChI=1S/C19H18N4O/c24-19(18-13-15(9-11-20-18)23-12-4-10-21-23)22-17-8-7-16(17)14-5-2-1-3-6-14/h1-6,9-13,16-17H,7-8H2,(H,22,24)/t16-,17-/m0/s1. The number of nitrogens with one attached hydrogen (secondary N) is 1. The van der Waals surface area contributed by atoms with E-state index in [1.54, 1.807) is 23.1 Å². The van der Waals surface area contributed by atoms with Crippen molar-refractivity contribution < 1.29 is 4.79 Å². The van der Waals surface area contributed by atoms with Crippen LogP contribution in [0.3, 0.4) is 0 Å². The molecule has 1 saturated carbocycles. The number of nitrogens with zero attached hydrogens (tertiary/aromatic N) is 3. The van der Waals surface area contributed by atoms with Gasteiger partial charge in [0.05, 0.1) is 5.69 Å². The van der Waals surface area contributed by atoms with Crippen LogP contribution in [0.5, 0.6) is 0 Å². The summed E-state index contributed by atoms with van der Waals surface area (Å²) in [5.74, 6) is 0.263. The first-order valence-electron chi connectivity index (χ1n) is 8.13. The van der Waals surface area contributed by atoms with E-state index in [1.807, 2.05) is 36.5 Å². The molecule has 3 aromatic rings. The number of carbonyl (C=O) groups is 1. The molecule has 120 valence electrons. The highest BCUT2D eigenvalue weighted by atomic mass is 16.1. The van der Waals surface area contributed by atoms with E-state index in [4.69, 9.17) is 0 Å². The Balaban J connectivity index is 1.48. The molecule has 0 bridgehead atoms. The summed E-state index contributed by atoms with van der Waals surface area (Å²) >= 11 is 0. The van der Waals surface area contributed by atoms with Gasteiger partial charge in [0.2, 0.25) is 0 Å². The van der Waals surface area contributed by atoms with E-state index < -0.39 is 0 Å². The monoisotopic (exact) mass is 318 g/mol. The van der Waals surface area contributed by atoms with Gasteiger partial charge in [-0.05, 0) is 36.6 Å². The predicted molar refractivity (Wildman–Crippen MR) is 91.0 cm³/mol. The van der Waals surface area contributed by atoms with Crippen LogP contribution in [0.4, 0.5) is 0 Å². The number of hydrogen-bond acceptors (Lipinski definition) is 3. The second kappa shape index (κ2) is 6.28. The molecule has 24 heavy (non-hydrogen) atoms. The molecular weight excluding hydrogens is 300 g/mol. The molecular formula is C19H18N4O. The minimum absolute atomic E-state index is 0.130. The van der Waals surface area contributed by atoms with Gasteiger partial charge >= 0.3 is 0 Å². The van der Waals surface area contributed by atoms with Crippen molar-refractivity contribution in [3.05, 3.63) is 78.4 Å². The van der Waals surface area contributed by atoms with Gasteiger partial charge in [-0.2, -0.15) is 5.10 Å². The molecule has 1 aliphatic carbocycles. The van der Waals surface area contributed by atoms with Crippen molar-refractivity contribution in [1.82, 2.24) is 20.1 Å². The van der Waals surface area contributed by atoms with Crippen LogP contribution in [0.25, 0.3) is 5.69 Å². The number of carbonyl (C=O) groups excluding carboxylic acids is 1. The van der Waals surface area contributed by atoms with Crippen LogP contribution in [-0.2, 0) is 0 Å². The first-order valence-corrected chi connectivity index (χ1v) is 8.13. The smallest absolute Gasteiger partial charge is 0.270 e. The van der Waals surface area contributed by atoms with Gasteiger partial charge in [0, 0.05) is 30.6 Å². The van der Waals surface area contributed by atoms with Crippen LogP contribution in [0, 0.1) is 0 Å². The number of aromatic nitrogens is 3. The van der Waals surface area contributed by atoms with Crippen LogP contribution in [0.15, 0.2) is 67.1 Å². The second-order valence-corrected chi connectivity index (χ2v) is 6.02. The zero-order valence-electron chi connectivity index (χ0n) is 13.2. The Labute approximate surface area is 140 Å². The molecule has 5 nitrogen and oxygen atoms in total. The molecule has 5 heteroatoms. The lowest BCUT2D eigenvalue weighted by molar-refractivity contribution is 0.0899. The molecule has 0 aliphatic heterocycles. The SMILES string of the molecule is O=C(N[C@H]1CC[C@H]1c1ccccc1)c1cc(-n2cccn2)ccn1. The van der Waals surface area contributed by atoms with Crippen molar-refractivity contribution in [2.75, 3.05) is 0 Å². The summed E-state index contributed by atoms with van der Waals surface area (Å²) in [7, 11) is 0. The fourth-order valence-corrected chi connectivity index (χ4v) is 3.12. The zero-order valence-corrected chi connectivity index (χ0v) is 13.2. The van der Waals surface area contributed by atoms with Gasteiger partial charge in [0.1, 0.15) is 5.69 Å². The van der Waals surface area contributed by atoms with Crippen LogP contribution in [0.2, 0.25) is 0 Å². The highest BCUT2D eigenvalue weighted by Crippen LogP contribution is 2.36. The number of benzene rings is 1. The van der Waals surface area contributed by atoms with Crippen LogP contribution in [0.1, 0.15) is 34.8 Å². The minimum atomic E-state index is -0.130. The fraction of sp³-hybridized carbons (Fsp3) is 0.211. The second-order valence-electron chi connectivity index (χ2n) is 6.02. The van der Waals surface area contributed by atoms with Crippen molar-refractivity contribution in [3.63, 3.8) is 0 Å². The number of amides is 1. The predicted octanol–water partition coefficient (Wildman–Crippen LogP) is 2.94. The Morgan fingerprint density at radius 3 is 2.67 bits per heavy atom. The summed E-state index contributed by atoms with van der Waals surface area (Å²) < 4.78 is 1.72. The maximum absolute atomic E-state index is 12.5. The molecule has 2 atom stereocenters. The van der Waals surface area contributed by atoms with Gasteiger partial charge in [0.15, 0.2) is 0 Å². The Hall–Kier alpha value is -2.95. The van der Waals surface area contributed by atoms with Gasteiger partial charge < -0.3 is 5.32 Å². The van der Waals surface area contributed by atoms with Crippen LogP contribution >= 0.6 is 0 Å². The van der Waals surface area contributed by atoms with E-state index >= 15 is 0 Å². The Morgan fingerprint density at radius 2 is 1.96 bits per heavy atom. The Morgan fingerprint density at radius 1 is 1.08 bits per heavy atom. The molecule has 1 fully saturated rings. The molecule has 0 saturated heterocycles. The molecule has 1 aromatic carbocycles. The third-order valence-corrected chi connectivity index (χ3v) is 4.56. The van der Waals surface area contributed by atoms with Crippen LogP contribution < -0.4 is 5.32 Å². The highest BCUT2D eigenvalue weighted by Gasteiger charge is 2.33. The van der Waals surface area contributed by atoms with E-state index in [9.17, 15) is 4.79 Å². The Bertz CT molecular complexity index is 830. The van der Waals surface area contributed by atoms with E-state index in [0.717, 1.165) is 18.5 Å². The molecule has 0 spiro atoms. The largest absolute Gasteiger partial charge is 0.347 e. The third kappa shape index (κ3) is 2.80. The quantitative estimate of drug-likeness (QED) is 0.804. The summed E-state index contributed by atoms with van der Waals surface area (Å²) in [6.45, 7) is 0. The van der Waals surface area contributed by atoms with Gasteiger partial charge in [-0.15, -0.1) is 0 Å². The van der Waals surface area contributed by atoms with Gasteiger partial charge in [-0.1, -0.05) is 30.3 Å². The van der Waals surface area contributed by atoms with E-state index in [-0.39, 0.29) is 11.9 Å². The van der Waals surface area contributed by atoms with Crippen molar-refractivity contribution in [3.8, 4) is 5.69 Å². The van der Waals surface area contributed by atoms with Gasteiger partial charge in [0.25, 0.3) is 5.91 Å². The maximum atomic E-state index is 12.5. The topological polar surface area (TPSA) is 59.8 Å². The highest BCUT2D eigenvalue weighted by molar-refractivity contribution is 5.93. The van der Waals surface area contributed by atoms with E-state index in [1.165, 1.54) is 5.56 Å². The van der Waals surface area contributed by atoms with E-state index in [2.05, 4.69) is 27.5 Å². The van der Waals surface area contributed by atoms with Crippen molar-refractivity contribution in [2.45, 2.75) is 24.8 Å². The first kappa shape index (κ1) is 14.6. The van der Waals surface area contributed by atoms with E-state index in [0.29, 0.717) is 11.6 Å². The summed E-state index contributed by atoms with van der Waals surface area (Å²) in [5, 5.41) is 7.31. The number of rotatable bonds is 4. The lowest BCUT2D eigenvalue weighted by Gasteiger charge is -2.37. The van der Waals surface area contributed by atoms with Crippen molar-refractivity contribution >= 4 is 5.91 Å². The normalized spacial score (nSPS) is 19.5. The average Bonchev–Trinajstić information content (AvgIpc) is 3.14. The Kier molecular flexibility index (Phi) is 3.83. The van der Waals surface area contributed by atoms with Crippen LogP contribution in [-0.4, -0.2) is 26.7 Å². The number of pyridine rings is 1. The summed E-state index contributed by atoms with van der Waals surface area (Å²) in [6, 6.07) is 16.0. The van der Waals surface area contributed by atoms with Gasteiger partial charge in [-0.25, -0.2) is 4.68 Å². The third-order valence-electron chi connectivity index (χ3n) is 4.56. The summed E-state index contributed by atoms with van der Waals surface area (Å²) in [4.78, 5) is 16.7. The van der Waals surface area contributed by atoms with Crippen molar-refractivity contribution in [1.29, 1.82) is 0 Å².